The maximum absolute atomic E-state index is 11.3. The number of hydrogen-bond acceptors (Lipinski definition) is 4. The van der Waals surface area contributed by atoms with Crippen LogP contribution in [0.15, 0.2) is 23.0 Å². The lowest BCUT2D eigenvalue weighted by Crippen LogP contribution is -2.17. The number of benzene rings is 1. The Morgan fingerprint density at radius 2 is 2.33 bits per heavy atom. The first kappa shape index (κ1) is 10.1. The Morgan fingerprint density at radius 3 is 2.93 bits per heavy atom. The van der Waals surface area contributed by atoms with E-state index < -0.39 is 0 Å². The summed E-state index contributed by atoms with van der Waals surface area (Å²) in [6, 6.07) is 5.38. The van der Waals surface area contributed by atoms with E-state index in [1.807, 2.05) is 6.07 Å². The quantitative estimate of drug-likeness (QED) is 0.822. The molecule has 0 unspecified atom stereocenters. The number of ether oxygens (including phenoxy) is 1. The fourth-order valence-corrected chi connectivity index (χ4v) is 1.98. The Labute approximate surface area is 98.4 Å². The van der Waals surface area contributed by atoms with Crippen molar-refractivity contribution in [2.45, 2.75) is 0 Å². The van der Waals surface area contributed by atoms with Gasteiger partial charge in [-0.15, -0.1) is 0 Å². The fraction of sp³-hybridized carbons (Fsp3) is 0.125. The van der Waals surface area contributed by atoms with E-state index in [1.54, 1.807) is 19.2 Å². The summed E-state index contributed by atoms with van der Waals surface area (Å²) < 4.78 is 7.14. The third kappa shape index (κ3) is 1.74. The summed E-state index contributed by atoms with van der Waals surface area (Å²) in [6.07, 6.45) is 0. The molecule has 1 aromatic carbocycles. The molecule has 0 saturated heterocycles. The van der Waals surface area contributed by atoms with Crippen LogP contribution >= 0.6 is 22.6 Å². The molecule has 2 aromatic rings. The largest absolute Gasteiger partial charge is 0.496 e. The van der Waals surface area contributed by atoms with Gasteiger partial charge < -0.3 is 4.74 Å². The number of hydrogen-bond donors (Lipinski definition) is 1. The number of halogens is 1. The van der Waals surface area contributed by atoms with Gasteiger partial charge in [-0.05, 0) is 45.2 Å². The van der Waals surface area contributed by atoms with Crippen molar-refractivity contribution < 1.29 is 4.74 Å². The molecule has 0 aliphatic heterocycles. The lowest BCUT2D eigenvalue weighted by Gasteiger charge is -2.06. The normalized spacial score (nSPS) is 10.3. The Balaban J connectivity index is 2.64. The molecule has 0 amide bonds. The Kier molecular flexibility index (Phi) is 2.71. The second-order valence-corrected chi connectivity index (χ2v) is 3.79. The number of rotatable bonds is 2. The van der Waals surface area contributed by atoms with Crippen molar-refractivity contribution >= 4 is 22.6 Å². The molecule has 7 heteroatoms. The minimum atomic E-state index is -0.374. The van der Waals surface area contributed by atoms with Crippen molar-refractivity contribution in [2.24, 2.45) is 0 Å². The van der Waals surface area contributed by atoms with Gasteiger partial charge in [0.25, 0.3) is 0 Å². The minimum absolute atomic E-state index is 0.374. The van der Waals surface area contributed by atoms with Crippen LogP contribution in [-0.2, 0) is 0 Å². The smallest absolute Gasteiger partial charge is 0.365 e. The van der Waals surface area contributed by atoms with Gasteiger partial charge in [-0.25, -0.2) is 9.89 Å². The zero-order valence-electron chi connectivity index (χ0n) is 7.77. The average Bonchev–Trinajstić information content (AvgIpc) is 2.65. The highest BCUT2D eigenvalue weighted by atomic mass is 127. The summed E-state index contributed by atoms with van der Waals surface area (Å²) in [5, 5.41) is 9.32. The van der Waals surface area contributed by atoms with Crippen molar-refractivity contribution in [3.05, 3.63) is 32.3 Å². The number of methoxy groups -OCH3 is 1. The van der Waals surface area contributed by atoms with Gasteiger partial charge >= 0.3 is 5.69 Å². The molecule has 6 nitrogen and oxygen atoms in total. The van der Waals surface area contributed by atoms with Crippen LogP contribution in [-0.4, -0.2) is 27.3 Å². The van der Waals surface area contributed by atoms with E-state index in [4.69, 9.17) is 4.74 Å². The predicted octanol–water partition coefficient (Wildman–Crippen LogP) is 0.569. The molecule has 1 aromatic heterocycles. The molecule has 0 atom stereocenters. The fourth-order valence-electron chi connectivity index (χ4n) is 1.18. The van der Waals surface area contributed by atoms with E-state index in [9.17, 15) is 4.79 Å². The molecule has 0 saturated carbocycles. The van der Waals surface area contributed by atoms with Gasteiger partial charge in [-0.2, -0.15) is 4.68 Å². The number of nitrogens with zero attached hydrogens (tertiary/aromatic N) is 3. The lowest BCUT2D eigenvalue weighted by molar-refractivity contribution is 0.411. The average molecular weight is 318 g/mol. The molecular weight excluding hydrogens is 311 g/mol. The van der Waals surface area contributed by atoms with Crippen molar-refractivity contribution in [2.75, 3.05) is 7.11 Å². The molecule has 0 spiro atoms. The van der Waals surface area contributed by atoms with Crippen molar-refractivity contribution in [1.82, 2.24) is 20.2 Å². The number of aromatic amines is 1. The lowest BCUT2D eigenvalue weighted by atomic mass is 10.3. The van der Waals surface area contributed by atoms with Gasteiger partial charge in [0.2, 0.25) is 0 Å². The second kappa shape index (κ2) is 4.01. The first-order valence-corrected chi connectivity index (χ1v) is 5.15. The van der Waals surface area contributed by atoms with Crippen LogP contribution < -0.4 is 10.4 Å². The molecule has 15 heavy (non-hydrogen) atoms. The summed E-state index contributed by atoms with van der Waals surface area (Å²) in [5.74, 6) is 0.697. The van der Waals surface area contributed by atoms with Crippen molar-refractivity contribution in [1.29, 1.82) is 0 Å². The van der Waals surface area contributed by atoms with Gasteiger partial charge in [0.05, 0.1) is 16.4 Å². The summed E-state index contributed by atoms with van der Waals surface area (Å²) in [6.45, 7) is 0. The van der Waals surface area contributed by atoms with Crippen molar-refractivity contribution in [3.8, 4) is 11.4 Å². The van der Waals surface area contributed by atoms with Crippen LogP contribution in [0.2, 0.25) is 0 Å². The van der Waals surface area contributed by atoms with Crippen LogP contribution in [0.4, 0.5) is 0 Å². The Bertz CT molecular complexity index is 533. The Hall–Kier alpha value is -1.38. The zero-order valence-corrected chi connectivity index (χ0v) is 9.93. The number of aromatic nitrogens is 4. The standard InChI is InChI=1S/C8H7IN4O2/c1-15-6-4-2-3-5(7(6)9)13-8(14)10-11-12-13/h2-4H,1H3,(H,10,12,14). The van der Waals surface area contributed by atoms with E-state index in [2.05, 4.69) is 38.1 Å². The summed E-state index contributed by atoms with van der Waals surface area (Å²) in [7, 11) is 1.58. The van der Waals surface area contributed by atoms with E-state index in [-0.39, 0.29) is 5.69 Å². The Morgan fingerprint density at radius 1 is 1.53 bits per heavy atom. The number of nitrogens with one attached hydrogen (secondary N) is 1. The second-order valence-electron chi connectivity index (χ2n) is 2.71. The highest BCUT2D eigenvalue weighted by molar-refractivity contribution is 14.1. The minimum Gasteiger partial charge on any atom is -0.496 e. The molecule has 0 aliphatic rings. The summed E-state index contributed by atoms with van der Waals surface area (Å²) >= 11 is 2.09. The SMILES string of the molecule is COc1cccc(-n2nn[nH]c2=O)c1I. The molecule has 0 fully saturated rings. The topological polar surface area (TPSA) is 72.8 Å². The van der Waals surface area contributed by atoms with Gasteiger partial charge in [-0.1, -0.05) is 6.07 Å². The summed E-state index contributed by atoms with van der Waals surface area (Å²) in [5.41, 5.74) is 0.273. The van der Waals surface area contributed by atoms with Crippen LogP contribution in [0.25, 0.3) is 5.69 Å². The molecule has 0 aliphatic carbocycles. The highest BCUT2D eigenvalue weighted by Crippen LogP contribution is 2.25. The molecule has 2 rings (SSSR count). The van der Waals surface area contributed by atoms with Gasteiger partial charge in [-0.3, -0.25) is 0 Å². The molecular formula is C8H7IN4O2. The van der Waals surface area contributed by atoms with Gasteiger partial charge in [0.15, 0.2) is 0 Å². The molecule has 0 radical (unpaired) electrons. The highest BCUT2D eigenvalue weighted by Gasteiger charge is 2.10. The third-order valence-corrected chi connectivity index (χ3v) is 2.95. The van der Waals surface area contributed by atoms with Gasteiger partial charge in [0, 0.05) is 0 Å². The third-order valence-electron chi connectivity index (χ3n) is 1.86. The van der Waals surface area contributed by atoms with Crippen LogP contribution in [0.1, 0.15) is 0 Å². The molecule has 78 valence electrons. The first-order valence-electron chi connectivity index (χ1n) is 4.07. The maximum Gasteiger partial charge on any atom is 0.365 e. The molecule has 0 bridgehead atoms. The zero-order chi connectivity index (χ0) is 10.8. The molecule has 1 heterocycles. The first-order chi connectivity index (χ1) is 7.24. The van der Waals surface area contributed by atoms with Crippen LogP contribution in [0.5, 0.6) is 5.75 Å². The maximum atomic E-state index is 11.3. The number of H-pyrrole nitrogens is 1. The van der Waals surface area contributed by atoms with Gasteiger partial charge in [0.1, 0.15) is 5.75 Å². The summed E-state index contributed by atoms with van der Waals surface area (Å²) in [4.78, 5) is 11.3. The van der Waals surface area contributed by atoms with Crippen LogP contribution in [0.3, 0.4) is 0 Å². The molecule has 1 N–H and O–H groups in total. The number of tetrazole rings is 1. The van der Waals surface area contributed by atoms with Crippen molar-refractivity contribution in [3.63, 3.8) is 0 Å². The predicted molar refractivity (Wildman–Crippen MR) is 61.2 cm³/mol. The van der Waals surface area contributed by atoms with E-state index >= 15 is 0 Å². The van der Waals surface area contributed by atoms with E-state index in [1.165, 1.54) is 4.68 Å². The van der Waals surface area contributed by atoms with Crippen LogP contribution in [0, 0.1) is 3.57 Å². The van der Waals surface area contributed by atoms with E-state index in [0.717, 1.165) is 3.57 Å². The monoisotopic (exact) mass is 318 g/mol. The van der Waals surface area contributed by atoms with E-state index in [0.29, 0.717) is 11.4 Å².